The van der Waals surface area contributed by atoms with Crippen molar-refractivity contribution in [2.45, 2.75) is 25.9 Å². The van der Waals surface area contributed by atoms with E-state index in [4.69, 9.17) is 4.74 Å². The molecule has 2 aliphatic heterocycles. The molecule has 2 aliphatic rings. The van der Waals surface area contributed by atoms with Crippen LogP contribution in [0.25, 0.3) is 0 Å². The number of hydrogen-bond donors (Lipinski definition) is 1. The predicted octanol–water partition coefficient (Wildman–Crippen LogP) is 4.90. The number of carbonyl (C=O) groups excluding carboxylic acids is 1. The maximum absolute atomic E-state index is 13.5. The molecule has 3 aromatic carbocycles. The first-order chi connectivity index (χ1) is 13.7. The molecule has 0 spiro atoms. The summed E-state index contributed by atoms with van der Waals surface area (Å²) in [5.74, 6) is 1.08. The van der Waals surface area contributed by atoms with Crippen LogP contribution in [0.5, 0.6) is 11.5 Å². The van der Waals surface area contributed by atoms with Gasteiger partial charge in [-0.1, -0.05) is 55.5 Å². The third-order valence-electron chi connectivity index (χ3n) is 5.70. The highest BCUT2D eigenvalue weighted by molar-refractivity contribution is 6.00. The Balaban J connectivity index is 1.52. The zero-order chi connectivity index (χ0) is 19.1. The normalized spacial score (nSPS) is 15.3. The van der Waals surface area contributed by atoms with Gasteiger partial charge in [0.25, 0.3) is 0 Å². The van der Waals surface area contributed by atoms with Crippen LogP contribution in [0.3, 0.4) is 0 Å². The number of fused-ring (bicyclic) bond motifs is 3. The summed E-state index contributed by atoms with van der Waals surface area (Å²) in [5.41, 5.74) is 5.25. The average molecular weight is 370 g/mol. The van der Waals surface area contributed by atoms with E-state index in [-0.39, 0.29) is 11.8 Å². The van der Waals surface area contributed by atoms with Gasteiger partial charge in [-0.05, 0) is 35.9 Å². The Morgan fingerprint density at radius 1 is 0.964 bits per heavy atom. The van der Waals surface area contributed by atoms with Crippen molar-refractivity contribution in [2.24, 2.45) is 0 Å². The lowest BCUT2D eigenvalue weighted by atomic mass is 9.87. The van der Waals surface area contributed by atoms with E-state index in [1.165, 1.54) is 11.1 Å². The lowest BCUT2D eigenvalue weighted by Crippen LogP contribution is -2.25. The maximum atomic E-state index is 13.5. The van der Waals surface area contributed by atoms with Crippen LogP contribution in [0.1, 0.15) is 35.1 Å². The van der Waals surface area contributed by atoms with Crippen LogP contribution in [0.15, 0.2) is 66.7 Å². The van der Waals surface area contributed by atoms with Crippen molar-refractivity contribution in [3.63, 3.8) is 0 Å². The van der Waals surface area contributed by atoms with E-state index in [9.17, 15) is 4.79 Å². The SMILES string of the molecule is CCN1Cc2cccc(NC(=O)C3c4ccccc4Oc4ccccc43)c2C1. The summed E-state index contributed by atoms with van der Waals surface area (Å²) in [6, 6.07) is 21.8. The second-order valence-electron chi connectivity index (χ2n) is 7.35. The van der Waals surface area contributed by atoms with E-state index in [0.717, 1.165) is 47.9 Å². The molecule has 0 atom stereocenters. The van der Waals surface area contributed by atoms with Gasteiger partial charge in [-0.15, -0.1) is 0 Å². The fraction of sp³-hybridized carbons (Fsp3) is 0.208. The molecule has 0 aromatic heterocycles. The molecular formula is C24H22N2O2. The second-order valence-corrected chi connectivity index (χ2v) is 7.35. The Morgan fingerprint density at radius 2 is 1.64 bits per heavy atom. The van der Waals surface area contributed by atoms with Crippen molar-refractivity contribution in [1.29, 1.82) is 0 Å². The minimum Gasteiger partial charge on any atom is -0.457 e. The Labute approximate surface area is 164 Å². The van der Waals surface area contributed by atoms with Crippen LogP contribution in [0, 0.1) is 0 Å². The van der Waals surface area contributed by atoms with Crippen molar-refractivity contribution in [3.8, 4) is 11.5 Å². The molecule has 0 unspecified atom stereocenters. The van der Waals surface area contributed by atoms with Gasteiger partial charge in [0.1, 0.15) is 11.5 Å². The second kappa shape index (κ2) is 6.80. The van der Waals surface area contributed by atoms with Crippen molar-refractivity contribution in [1.82, 2.24) is 4.90 Å². The van der Waals surface area contributed by atoms with Gasteiger partial charge in [0, 0.05) is 29.9 Å². The number of anilines is 1. The van der Waals surface area contributed by atoms with Crippen molar-refractivity contribution >= 4 is 11.6 Å². The number of ether oxygens (including phenoxy) is 1. The van der Waals surface area contributed by atoms with Crippen LogP contribution in [-0.4, -0.2) is 17.4 Å². The quantitative estimate of drug-likeness (QED) is 0.713. The summed E-state index contributed by atoms with van der Waals surface area (Å²) < 4.78 is 6.02. The summed E-state index contributed by atoms with van der Waals surface area (Å²) in [6.45, 7) is 4.99. The number of para-hydroxylation sites is 2. The molecule has 0 saturated carbocycles. The summed E-state index contributed by atoms with van der Waals surface area (Å²) in [7, 11) is 0. The number of nitrogens with zero attached hydrogens (tertiary/aromatic N) is 1. The predicted molar refractivity (Wildman–Crippen MR) is 110 cm³/mol. The molecule has 1 N–H and O–H groups in total. The van der Waals surface area contributed by atoms with E-state index in [0.29, 0.717) is 0 Å². The number of hydrogen-bond acceptors (Lipinski definition) is 3. The van der Waals surface area contributed by atoms with Crippen LogP contribution < -0.4 is 10.1 Å². The third kappa shape index (κ3) is 2.77. The van der Waals surface area contributed by atoms with E-state index < -0.39 is 0 Å². The van der Waals surface area contributed by atoms with Crippen molar-refractivity contribution in [2.75, 3.05) is 11.9 Å². The Kier molecular flexibility index (Phi) is 4.14. The summed E-state index contributed by atoms with van der Waals surface area (Å²) in [4.78, 5) is 15.8. The zero-order valence-corrected chi connectivity index (χ0v) is 15.8. The monoisotopic (exact) mass is 370 g/mol. The Hall–Kier alpha value is -3.11. The Morgan fingerprint density at radius 3 is 2.32 bits per heavy atom. The lowest BCUT2D eigenvalue weighted by molar-refractivity contribution is -0.116. The molecule has 4 heteroatoms. The van der Waals surface area contributed by atoms with Gasteiger partial charge >= 0.3 is 0 Å². The minimum atomic E-state index is -0.388. The largest absolute Gasteiger partial charge is 0.457 e. The van der Waals surface area contributed by atoms with Gasteiger partial charge < -0.3 is 10.1 Å². The average Bonchev–Trinajstić information content (AvgIpc) is 3.16. The molecule has 0 radical (unpaired) electrons. The van der Waals surface area contributed by atoms with Gasteiger partial charge in [-0.25, -0.2) is 0 Å². The van der Waals surface area contributed by atoms with Crippen LogP contribution in [0.2, 0.25) is 0 Å². The van der Waals surface area contributed by atoms with E-state index in [1.807, 2.05) is 60.7 Å². The first kappa shape index (κ1) is 17.0. The fourth-order valence-electron chi connectivity index (χ4n) is 4.23. The van der Waals surface area contributed by atoms with Crippen LogP contribution in [-0.2, 0) is 17.9 Å². The number of benzene rings is 3. The molecule has 0 fully saturated rings. The third-order valence-corrected chi connectivity index (χ3v) is 5.70. The van der Waals surface area contributed by atoms with Crippen LogP contribution >= 0.6 is 0 Å². The van der Waals surface area contributed by atoms with Gasteiger partial charge in [-0.2, -0.15) is 0 Å². The molecule has 5 rings (SSSR count). The van der Waals surface area contributed by atoms with Gasteiger partial charge in [-0.3, -0.25) is 9.69 Å². The molecule has 1 amide bonds. The molecule has 0 aliphatic carbocycles. The lowest BCUT2D eigenvalue weighted by Gasteiger charge is -2.27. The number of amides is 1. The molecule has 3 aromatic rings. The van der Waals surface area contributed by atoms with E-state index in [1.54, 1.807) is 0 Å². The van der Waals surface area contributed by atoms with E-state index >= 15 is 0 Å². The van der Waals surface area contributed by atoms with E-state index in [2.05, 4.69) is 23.2 Å². The molecule has 140 valence electrons. The standard InChI is InChI=1S/C24H22N2O2/c1-2-26-14-16-8-7-11-20(19(16)15-26)25-24(27)23-17-9-3-5-12-21(17)28-22-13-6-4-10-18(22)23/h3-13,23H,2,14-15H2,1H3,(H,25,27). The first-order valence-corrected chi connectivity index (χ1v) is 9.74. The first-order valence-electron chi connectivity index (χ1n) is 9.74. The molecule has 4 nitrogen and oxygen atoms in total. The highest BCUT2D eigenvalue weighted by Gasteiger charge is 2.33. The smallest absolute Gasteiger partial charge is 0.236 e. The number of rotatable bonds is 3. The topological polar surface area (TPSA) is 41.6 Å². The molecular weight excluding hydrogens is 348 g/mol. The van der Waals surface area contributed by atoms with Gasteiger partial charge in [0.05, 0.1) is 5.92 Å². The number of carbonyl (C=O) groups is 1. The summed E-state index contributed by atoms with van der Waals surface area (Å²) in [5, 5.41) is 3.22. The van der Waals surface area contributed by atoms with Crippen molar-refractivity contribution < 1.29 is 9.53 Å². The molecule has 2 heterocycles. The van der Waals surface area contributed by atoms with Crippen molar-refractivity contribution in [3.05, 3.63) is 89.0 Å². The number of nitrogens with one attached hydrogen (secondary N) is 1. The molecule has 0 bridgehead atoms. The van der Waals surface area contributed by atoms with Gasteiger partial charge in [0.15, 0.2) is 0 Å². The summed E-state index contributed by atoms with van der Waals surface area (Å²) >= 11 is 0. The Bertz CT molecular complexity index is 1010. The van der Waals surface area contributed by atoms with Crippen LogP contribution in [0.4, 0.5) is 5.69 Å². The molecule has 0 saturated heterocycles. The molecule has 28 heavy (non-hydrogen) atoms. The highest BCUT2D eigenvalue weighted by Crippen LogP contribution is 2.44. The minimum absolute atomic E-state index is 0.0217. The highest BCUT2D eigenvalue weighted by atomic mass is 16.5. The summed E-state index contributed by atoms with van der Waals surface area (Å²) in [6.07, 6.45) is 0. The zero-order valence-electron chi connectivity index (χ0n) is 15.8. The fourth-order valence-corrected chi connectivity index (χ4v) is 4.23. The maximum Gasteiger partial charge on any atom is 0.236 e. The van der Waals surface area contributed by atoms with Gasteiger partial charge in [0.2, 0.25) is 5.91 Å².